The summed E-state index contributed by atoms with van der Waals surface area (Å²) in [6, 6.07) is 12.9. The van der Waals surface area contributed by atoms with Gasteiger partial charge in [-0.2, -0.15) is 5.10 Å². The lowest BCUT2D eigenvalue weighted by atomic mass is 9.93. The van der Waals surface area contributed by atoms with Gasteiger partial charge in [-0.1, -0.05) is 12.1 Å². The minimum atomic E-state index is -0.239. The molecule has 2 aliphatic rings. The average Bonchev–Trinajstić information content (AvgIpc) is 2.99. The number of benzene rings is 2. The van der Waals surface area contributed by atoms with Crippen molar-refractivity contribution in [3.05, 3.63) is 53.1 Å². The summed E-state index contributed by atoms with van der Waals surface area (Å²) in [6.45, 7) is 8.37. The molecule has 0 saturated carbocycles. The van der Waals surface area contributed by atoms with E-state index in [0.29, 0.717) is 30.0 Å². The Kier molecular flexibility index (Phi) is 6.97. The SMILES string of the molecule is CNC(=O)N1N=C(c2ccc(N3CC(C)NC[C@@H]3C)cc2)c2cc(OC)c(OC)cc2CC1C. The molecule has 8 nitrogen and oxygen atoms in total. The zero-order chi connectivity index (χ0) is 24.4. The number of carbonyl (C=O) groups is 1. The minimum absolute atomic E-state index is 0.128. The van der Waals surface area contributed by atoms with Gasteiger partial charge < -0.3 is 25.0 Å². The molecule has 2 aromatic rings. The monoisotopic (exact) mass is 465 g/mol. The van der Waals surface area contributed by atoms with Gasteiger partial charge in [0.25, 0.3) is 0 Å². The number of piperazine rings is 1. The zero-order valence-corrected chi connectivity index (χ0v) is 20.9. The van der Waals surface area contributed by atoms with Gasteiger partial charge in [0.15, 0.2) is 11.5 Å². The van der Waals surface area contributed by atoms with E-state index in [2.05, 4.69) is 53.6 Å². The molecule has 2 N–H and O–H groups in total. The lowest BCUT2D eigenvalue weighted by Crippen LogP contribution is -2.54. The number of nitrogens with zero attached hydrogens (tertiary/aromatic N) is 3. The van der Waals surface area contributed by atoms with Crippen molar-refractivity contribution in [2.45, 2.75) is 45.3 Å². The van der Waals surface area contributed by atoms with Crippen molar-refractivity contribution in [3.63, 3.8) is 0 Å². The molecule has 0 bridgehead atoms. The molecule has 0 aliphatic carbocycles. The molecule has 34 heavy (non-hydrogen) atoms. The molecule has 2 heterocycles. The van der Waals surface area contributed by atoms with Gasteiger partial charge >= 0.3 is 6.03 Å². The second kappa shape index (κ2) is 9.93. The maximum Gasteiger partial charge on any atom is 0.337 e. The van der Waals surface area contributed by atoms with E-state index in [1.54, 1.807) is 21.3 Å². The number of nitrogens with one attached hydrogen (secondary N) is 2. The van der Waals surface area contributed by atoms with E-state index in [-0.39, 0.29) is 12.1 Å². The predicted octanol–water partition coefficient (Wildman–Crippen LogP) is 3.23. The topological polar surface area (TPSA) is 78.4 Å². The number of rotatable bonds is 4. The van der Waals surface area contributed by atoms with Crippen molar-refractivity contribution in [2.75, 3.05) is 39.3 Å². The van der Waals surface area contributed by atoms with Gasteiger partial charge in [-0.15, -0.1) is 0 Å². The molecule has 1 fully saturated rings. The Bertz CT molecular complexity index is 1070. The molecule has 2 aliphatic heterocycles. The van der Waals surface area contributed by atoms with Crippen LogP contribution >= 0.6 is 0 Å². The van der Waals surface area contributed by atoms with Crippen LogP contribution in [0.15, 0.2) is 41.5 Å². The van der Waals surface area contributed by atoms with Gasteiger partial charge in [-0.05, 0) is 57.0 Å². The standard InChI is InChI=1S/C26H35N5O3/c1-16-15-30(18(3)14-28-16)21-9-7-19(8-10-21)25-22-13-24(34-6)23(33-5)12-20(22)11-17(2)31(29-25)26(32)27-4/h7-10,12-13,16-18,28H,11,14-15H2,1-6H3,(H,27,32)/t16?,17?,18-/m0/s1. The average molecular weight is 466 g/mol. The Hall–Kier alpha value is -3.26. The number of carbonyl (C=O) groups excluding carboxylic acids is 1. The zero-order valence-electron chi connectivity index (χ0n) is 20.9. The maximum atomic E-state index is 12.7. The van der Waals surface area contributed by atoms with Crippen LogP contribution in [-0.4, -0.2) is 69.2 Å². The summed E-state index contributed by atoms with van der Waals surface area (Å²) in [6.07, 6.45) is 0.643. The van der Waals surface area contributed by atoms with Crippen molar-refractivity contribution >= 4 is 17.4 Å². The Morgan fingerprint density at radius 3 is 2.38 bits per heavy atom. The van der Waals surface area contributed by atoms with Gasteiger partial charge in [-0.3, -0.25) is 0 Å². The quantitative estimate of drug-likeness (QED) is 0.725. The summed E-state index contributed by atoms with van der Waals surface area (Å²) in [5, 5.41) is 12.6. The largest absolute Gasteiger partial charge is 0.493 e. The molecule has 182 valence electrons. The van der Waals surface area contributed by atoms with Crippen LogP contribution in [0.5, 0.6) is 11.5 Å². The van der Waals surface area contributed by atoms with Gasteiger partial charge in [0.05, 0.1) is 26.0 Å². The fraction of sp³-hybridized carbons (Fsp3) is 0.462. The molecule has 4 rings (SSSR count). The van der Waals surface area contributed by atoms with Gasteiger partial charge in [0.2, 0.25) is 0 Å². The molecule has 3 atom stereocenters. The predicted molar refractivity (Wildman–Crippen MR) is 135 cm³/mol. The number of methoxy groups -OCH3 is 2. The minimum Gasteiger partial charge on any atom is -0.493 e. The number of ether oxygens (including phenoxy) is 2. The Morgan fingerprint density at radius 1 is 1.06 bits per heavy atom. The maximum absolute atomic E-state index is 12.7. The molecule has 2 aromatic carbocycles. The third-order valence-electron chi connectivity index (χ3n) is 6.66. The fourth-order valence-electron chi connectivity index (χ4n) is 4.74. The van der Waals surface area contributed by atoms with E-state index in [1.165, 1.54) is 10.7 Å². The van der Waals surface area contributed by atoms with E-state index in [0.717, 1.165) is 35.5 Å². The number of urea groups is 1. The van der Waals surface area contributed by atoms with E-state index >= 15 is 0 Å². The van der Waals surface area contributed by atoms with E-state index in [1.807, 2.05) is 19.1 Å². The van der Waals surface area contributed by atoms with Crippen molar-refractivity contribution in [3.8, 4) is 11.5 Å². The van der Waals surface area contributed by atoms with Crippen LogP contribution in [-0.2, 0) is 6.42 Å². The van der Waals surface area contributed by atoms with Crippen LogP contribution in [0.3, 0.4) is 0 Å². The molecule has 0 radical (unpaired) electrons. The summed E-state index contributed by atoms with van der Waals surface area (Å²) in [4.78, 5) is 15.1. The highest BCUT2D eigenvalue weighted by Crippen LogP contribution is 2.35. The summed E-state index contributed by atoms with van der Waals surface area (Å²) in [5.74, 6) is 1.30. The van der Waals surface area contributed by atoms with E-state index < -0.39 is 0 Å². The molecular weight excluding hydrogens is 430 g/mol. The van der Waals surface area contributed by atoms with Crippen LogP contribution in [0.2, 0.25) is 0 Å². The van der Waals surface area contributed by atoms with E-state index in [4.69, 9.17) is 14.6 Å². The third-order valence-corrected chi connectivity index (χ3v) is 6.66. The first-order chi connectivity index (χ1) is 16.4. The van der Waals surface area contributed by atoms with Crippen molar-refractivity contribution in [1.29, 1.82) is 0 Å². The number of hydrogen-bond donors (Lipinski definition) is 2. The highest BCUT2D eigenvalue weighted by Gasteiger charge is 2.29. The van der Waals surface area contributed by atoms with Gasteiger partial charge in [0.1, 0.15) is 0 Å². The molecule has 2 amide bonds. The van der Waals surface area contributed by atoms with Crippen molar-refractivity contribution in [2.24, 2.45) is 5.10 Å². The number of amides is 2. The Morgan fingerprint density at radius 2 is 1.74 bits per heavy atom. The first-order valence-electron chi connectivity index (χ1n) is 11.8. The molecular formula is C26H35N5O3. The highest BCUT2D eigenvalue weighted by molar-refractivity contribution is 6.14. The van der Waals surface area contributed by atoms with Crippen molar-refractivity contribution < 1.29 is 14.3 Å². The smallest absolute Gasteiger partial charge is 0.337 e. The summed E-state index contributed by atoms with van der Waals surface area (Å²) in [5.41, 5.74) is 4.85. The van der Waals surface area contributed by atoms with Crippen LogP contribution < -0.4 is 25.0 Å². The Balaban J connectivity index is 1.79. The lowest BCUT2D eigenvalue weighted by molar-refractivity contribution is 0.184. The first-order valence-corrected chi connectivity index (χ1v) is 11.8. The van der Waals surface area contributed by atoms with Crippen LogP contribution in [0.25, 0.3) is 0 Å². The number of hydrogen-bond acceptors (Lipinski definition) is 6. The Labute approximate surface area is 201 Å². The van der Waals surface area contributed by atoms with Crippen molar-refractivity contribution in [1.82, 2.24) is 15.6 Å². The second-order valence-corrected chi connectivity index (χ2v) is 9.12. The normalized spacial score (nSPS) is 22.4. The lowest BCUT2D eigenvalue weighted by Gasteiger charge is -2.39. The van der Waals surface area contributed by atoms with Crippen LogP contribution in [0.4, 0.5) is 10.5 Å². The first kappa shape index (κ1) is 23.9. The number of fused-ring (bicyclic) bond motifs is 1. The molecule has 0 aromatic heterocycles. The molecule has 1 saturated heterocycles. The molecule has 8 heteroatoms. The number of hydrazone groups is 1. The fourth-order valence-corrected chi connectivity index (χ4v) is 4.74. The molecule has 2 unspecified atom stereocenters. The second-order valence-electron chi connectivity index (χ2n) is 9.12. The van der Waals surface area contributed by atoms with Gasteiger partial charge in [0, 0.05) is 49.0 Å². The van der Waals surface area contributed by atoms with Gasteiger partial charge in [-0.25, -0.2) is 9.80 Å². The highest BCUT2D eigenvalue weighted by atomic mass is 16.5. The number of anilines is 1. The van der Waals surface area contributed by atoms with E-state index in [9.17, 15) is 4.79 Å². The molecule has 0 spiro atoms. The third kappa shape index (κ3) is 4.55. The van der Waals surface area contributed by atoms with Crippen LogP contribution in [0.1, 0.15) is 37.5 Å². The summed E-state index contributed by atoms with van der Waals surface area (Å²) < 4.78 is 11.1. The summed E-state index contributed by atoms with van der Waals surface area (Å²) in [7, 11) is 4.88. The van der Waals surface area contributed by atoms with Crippen LogP contribution in [0, 0.1) is 0 Å². The summed E-state index contributed by atoms with van der Waals surface area (Å²) >= 11 is 0.